The van der Waals surface area contributed by atoms with Crippen molar-refractivity contribution in [3.05, 3.63) is 0 Å². The summed E-state index contributed by atoms with van der Waals surface area (Å²) >= 11 is 0. The second kappa shape index (κ2) is 6.92. The van der Waals surface area contributed by atoms with Gasteiger partial charge in [0.05, 0.1) is 0 Å². The molecule has 1 rings (SSSR count). The van der Waals surface area contributed by atoms with Gasteiger partial charge in [-0.3, -0.25) is 9.59 Å². The molecule has 19 heavy (non-hydrogen) atoms. The highest BCUT2D eigenvalue weighted by molar-refractivity contribution is 5.78. The molecule has 0 bridgehead atoms. The molecule has 0 heterocycles. The molecule has 4 heteroatoms. The van der Waals surface area contributed by atoms with Crippen LogP contribution in [0, 0.1) is 5.92 Å². The van der Waals surface area contributed by atoms with Crippen LogP contribution < -0.4 is 5.32 Å². The third kappa shape index (κ3) is 5.21. The molecule has 1 N–H and O–H groups in total. The van der Waals surface area contributed by atoms with Gasteiger partial charge in [-0.25, -0.2) is 0 Å². The molecule has 0 aromatic rings. The van der Waals surface area contributed by atoms with Crippen LogP contribution in [0.1, 0.15) is 59.8 Å². The maximum Gasteiger partial charge on any atom is 0.223 e. The fourth-order valence-electron chi connectivity index (χ4n) is 2.77. The number of carbonyl (C=O) groups excluding carboxylic acids is 2. The molecule has 0 aromatic heterocycles. The van der Waals surface area contributed by atoms with Crippen LogP contribution in [-0.4, -0.2) is 35.3 Å². The topological polar surface area (TPSA) is 49.4 Å². The standard InChI is InChI=1S/C15H28N2O2/c1-12(18)17(15(2,3)4)11-10-16-14(19)13-8-6-5-7-9-13/h13H,5-11H2,1-4H3,(H,16,19). The second-order valence-electron chi connectivity index (χ2n) is 6.47. The molecule has 2 amide bonds. The van der Waals surface area contributed by atoms with E-state index in [0.717, 1.165) is 12.8 Å². The molecule has 0 aliphatic heterocycles. The van der Waals surface area contributed by atoms with Crippen LogP contribution in [-0.2, 0) is 9.59 Å². The minimum absolute atomic E-state index is 0.0550. The van der Waals surface area contributed by atoms with Crippen LogP contribution in [0.4, 0.5) is 0 Å². The molecule has 0 saturated heterocycles. The van der Waals surface area contributed by atoms with Crippen molar-refractivity contribution in [3.8, 4) is 0 Å². The van der Waals surface area contributed by atoms with Gasteiger partial charge in [0.25, 0.3) is 0 Å². The van der Waals surface area contributed by atoms with E-state index in [4.69, 9.17) is 0 Å². The van der Waals surface area contributed by atoms with Gasteiger partial charge in [0.1, 0.15) is 0 Å². The smallest absolute Gasteiger partial charge is 0.223 e. The molecule has 1 aliphatic rings. The van der Waals surface area contributed by atoms with Crippen molar-refractivity contribution in [1.29, 1.82) is 0 Å². The van der Waals surface area contributed by atoms with Gasteiger partial charge >= 0.3 is 0 Å². The maximum atomic E-state index is 12.0. The van der Waals surface area contributed by atoms with Gasteiger partial charge in [-0.2, -0.15) is 0 Å². The van der Waals surface area contributed by atoms with Gasteiger partial charge in [0.2, 0.25) is 11.8 Å². The Bertz CT molecular complexity index is 315. The first-order valence-electron chi connectivity index (χ1n) is 7.38. The normalized spacial score (nSPS) is 17.1. The van der Waals surface area contributed by atoms with Crippen molar-refractivity contribution in [2.45, 2.75) is 65.3 Å². The fraction of sp³-hybridized carbons (Fsp3) is 0.867. The Morgan fingerprint density at radius 3 is 2.21 bits per heavy atom. The van der Waals surface area contributed by atoms with E-state index in [9.17, 15) is 9.59 Å². The first kappa shape index (κ1) is 16.0. The van der Waals surface area contributed by atoms with Crippen molar-refractivity contribution in [1.82, 2.24) is 10.2 Å². The second-order valence-corrected chi connectivity index (χ2v) is 6.47. The molecular formula is C15H28N2O2. The number of carbonyl (C=O) groups is 2. The van der Waals surface area contributed by atoms with Gasteiger partial charge < -0.3 is 10.2 Å². The summed E-state index contributed by atoms with van der Waals surface area (Å²) in [6, 6.07) is 0. The van der Waals surface area contributed by atoms with E-state index in [-0.39, 0.29) is 23.3 Å². The minimum Gasteiger partial charge on any atom is -0.354 e. The molecule has 0 atom stereocenters. The monoisotopic (exact) mass is 268 g/mol. The Labute approximate surface area is 116 Å². The number of hydrogen-bond acceptors (Lipinski definition) is 2. The molecule has 1 fully saturated rings. The van der Waals surface area contributed by atoms with Crippen molar-refractivity contribution in [2.75, 3.05) is 13.1 Å². The zero-order chi connectivity index (χ0) is 14.5. The Morgan fingerprint density at radius 2 is 1.74 bits per heavy atom. The van der Waals surface area contributed by atoms with Crippen molar-refractivity contribution in [3.63, 3.8) is 0 Å². The Morgan fingerprint density at radius 1 is 1.16 bits per heavy atom. The average Bonchev–Trinajstić information content (AvgIpc) is 2.33. The maximum absolute atomic E-state index is 12.0. The van der Waals surface area contributed by atoms with E-state index in [1.165, 1.54) is 19.3 Å². The first-order chi connectivity index (χ1) is 8.82. The van der Waals surface area contributed by atoms with Gasteiger partial charge in [-0.15, -0.1) is 0 Å². The van der Waals surface area contributed by atoms with Gasteiger partial charge in [-0.1, -0.05) is 19.3 Å². The lowest BCUT2D eigenvalue weighted by Gasteiger charge is -2.35. The van der Waals surface area contributed by atoms with E-state index >= 15 is 0 Å². The van der Waals surface area contributed by atoms with Crippen LogP contribution in [0.25, 0.3) is 0 Å². The third-order valence-electron chi connectivity index (χ3n) is 3.80. The number of nitrogens with one attached hydrogen (secondary N) is 1. The predicted molar refractivity (Wildman–Crippen MR) is 76.7 cm³/mol. The summed E-state index contributed by atoms with van der Waals surface area (Å²) in [6.07, 6.45) is 5.62. The highest BCUT2D eigenvalue weighted by Crippen LogP contribution is 2.23. The average molecular weight is 268 g/mol. The molecule has 110 valence electrons. The minimum atomic E-state index is -0.193. The molecule has 0 spiro atoms. The van der Waals surface area contributed by atoms with Crippen LogP contribution in [0.2, 0.25) is 0 Å². The first-order valence-corrected chi connectivity index (χ1v) is 7.38. The highest BCUT2D eigenvalue weighted by atomic mass is 16.2. The molecule has 0 radical (unpaired) electrons. The fourth-order valence-corrected chi connectivity index (χ4v) is 2.77. The molecule has 4 nitrogen and oxygen atoms in total. The van der Waals surface area contributed by atoms with E-state index in [1.54, 1.807) is 11.8 Å². The van der Waals surface area contributed by atoms with Crippen molar-refractivity contribution >= 4 is 11.8 Å². The molecule has 1 saturated carbocycles. The van der Waals surface area contributed by atoms with Crippen molar-refractivity contribution < 1.29 is 9.59 Å². The van der Waals surface area contributed by atoms with E-state index in [0.29, 0.717) is 13.1 Å². The van der Waals surface area contributed by atoms with Crippen molar-refractivity contribution in [2.24, 2.45) is 5.92 Å². The quantitative estimate of drug-likeness (QED) is 0.850. The summed E-state index contributed by atoms with van der Waals surface area (Å²) in [5.74, 6) is 0.408. The Hall–Kier alpha value is -1.06. The molecule has 1 aliphatic carbocycles. The van der Waals surface area contributed by atoms with Gasteiger partial charge in [0.15, 0.2) is 0 Å². The summed E-state index contributed by atoms with van der Waals surface area (Å²) in [5.41, 5.74) is -0.193. The van der Waals surface area contributed by atoms with Gasteiger partial charge in [-0.05, 0) is 33.6 Å². The highest BCUT2D eigenvalue weighted by Gasteiger charge is 2.24. The lowest BCUT2D eigenvalue weighted by molar-refractivity contribution is -0.134. The van der Waals surface area contributed by atoms with E-state index in [2.05, 4.69) is 5.32 Å². The Balaban J connectivity index is 2.35. The summed E-state index contributed by atoms with van der Waals surface area (Å²) in [7, 11) is 0. The summed E-state index contributed by atoms with van der Waals surface area (Å²) in [5, 5.41) is 2.98. The molecule has 0 aromatic carbocycles. The Kier molecular flexibility index (Phi) is 5.83. The zero-order valence-electron chi connectivity index (χ0n) is 12.8. The molecular weight excluding hydrogens is 240 g/mol. The van der Waals surface area contributed by atoms with Gasteiger partial charge in [0, 0.05) is 31.5 Å². The van der Waals surface area contributed by atoms with Crippen LogP contribution in [0.15, 0.2) is 0 Å². The lowest BCUT2D eigenvalue weighted by atomic mass is 9.89. The number of rotatable bonds is 4. The SMILES string of the molecule is CC(=O)N(CCNC(=O)C1CCCCC1)C(C)(C)C. The third-order valence-corrected chi connectivity index (χ3v) is 3.80. The largest absolute Gasteiger partial charge is 0.354 e. The predicted octanol–water partition coefficient (Wildman–Crippen LogP) is 2.33. The summed E-state index contributed by atoms with van der Waals surface area (Å²) in [6.45, 7) is 8.74. The lowest BCUT2D eigenvalue weighted by Crippen LogP contribution is -2.48. The van der Waals surface area contributed by atoms with E-state index in [1.807, 2.05) is 20.8 Å². The zero-order valence-corrected chi connectivity index (χ0v) is 12.8. The van der Waals surface area contributed by atoms with E-state index < -0.39 is 0 Å². The number of amides is 2. The summed E-state index contributed by atoms with van der Waals surface area (Å²) < 4.78 is 0. The van der Waals surface area contributed by atoms with Crippen LogP contribution >= 0.6 is 0 Å². The number of nitrogens with zero attached hydrogens (tertiary/aromatic N) is 1. The molecule has 0 unspecified atom stereocenters. The summed E-state index contributed by atoms with van der Waals surface area (Å²) in [4.78, 5) is 25.4. The number of hydrogen-bond donors (Lipinski definition) is 1. The van der Waals surface area contributed by atoms with Crippen LogP contribution in [0.3, 0.4) is 0 Å². The van der Waals surface area contributed by atoms with Crippen LogP contribution in [0.5, 0.6) is 0 Å².